The van der Waals surface area contributed by atoms with E-state index in [1.807, 2.05) is 60.7 Å². The Bertz CT molecular complexity index is 1700. The molecule has 1 aliphatic carbocycles. The molecule has 0 spiro atoms. The average Bonchev–Trinajstić information content (AvgIpc) is 3.59. The second kappa shape index (κ2) is 15.3. The van der Waals surface area contributed by atoms with Crippen LogP contribution in [0.5, 0.6) is 5.75 Å². The van der Waals surface area contributed by atoms with Crippen molar-refractivity contribution in [2.75, 3.05) is 18.0 Å². The van der Waals surface area contributed by atoms with E-state index in [-0.39, 0.29) is 35.5 Å². The highest BCUT2D eigenvalue weighted by atomic mass is 35.5. The number of benzene rings is 4. The first-order chi connectivity index (χ1) is 22.2. The molecule has 0 heterocycles. The molecular formula is C36H38ClN3O5S. The quantitative estimate of drug-likeness (QED) is 0.183. The number of nitrogens with one attached hydrogen (secondary N) is 1. The first kappa shape index (κ1) is 33.0. The van der Waals surface area contributed by atoms with E-state index in [4.69, 9.17) is 16.3 Å². The summed E-state index contributed by atoms with van der Waals surface area (Å²) in [7, 11) is -2.73. The van der Waals surface area contributed by atoms with Gasteiger partial charge in [0.15, 0.2) is 0 Å². The molecule has 4 aromatic rings. The summed E-state index contributed by atoms with van der Waals surface area (Å²) in [6.07, 6.45) is 4.13. The number of nitrogens with zero attached hydrogens (tertiary/aromatic N) is 2. The first-order valence-corrected chi connectivity index (χ1v) is 17.2. The largest absolute Gasteiger partial charge is 0.497 e. The number of carbonyl (C=O) groups is 2. The molecule has 1 atom stereocenters. The molecule has 8 nitrogen and oxygen atoms in total. The molecule has 10 heteroatoms. The lowest BCUT2D eigenvalue weighted by molar-refractivity contribution is -0.140. The second-order valence-corrected chi connectivity index (χ2v) is 13.7. The van der Waals surface area contributed by atoms with Gasteiger partial charge in [-0.1, -0.05) is 85.1 Å². The van der Waals surface area contributed by atoms with E-state index in [0.29, 0.717) is 10.8 Å². The Balaban J connectivity index is 1.54. The van der Waals surface area contributed by atoms with E-state index in [9.17, 15) is 18.0 Å². The maximum atomic E-state index is 14.5. The zero-order chi connectivity index (χ0) is 32.5. The molecule has 1 aliphatic rings. The van der Waals surface area contributed by atoms with Gasteiger partial charge in [-0.05, 0) is 72.5 Å². The monoisotopic (exact) mass is 659 g/mol. The molecule has 0 aliphatic heterocycles. The molecule has 46 heavy (non-hydrogen) atoms. The highest BCUT2D eigenvalue weighted by molar-refractivity contribution is 7.92. The highest BCUT2D eigenvalue weighted by Crippen LogP contribution is 2.28. The summed E-state index contributed by atoms with van der Waals surface area (Å²) in [5, 5.41) is 3.61. The van der Waals surface area contributed by atoms with Gasteiger partial charge in [0, 0.05) is 24.0 Å². The van der Waals surface area contributed by atoms with Crippen molar-refractivity contribution in [2.45, 2.75) is 55.6 Å². The van der Waals surface area contributed by atoms with E-state index in [0.717, 1.165) is 41.1 Å². The minimum atomic E-state index is -4.23. The van der Waals surface area contributed by atoms with Crippen LogP contribution in [0.25, 0.3) is 0 Å². The van der Waals surface area contributed by atoms with Gasteiger partial charge in [0.1, 0.15) is 18.3 Å². The molecular weight excluding hydrogens is 622 g/mol. The maximum absolute atomic E-state index is 14.5. The third-order valence-corrected chi connectivity index (χ3v) is 10.2. The molecule has 1 fully saturated rings. The minimum absolute atomic E-state index is 0.00882. The van der Waals surface area contributed by atoms with Gasteiger partial charge in [-0.3, -0.25) is 13.9 Å². The van der Waals surface area contributed by atoms with E-state index >= 15 is 0 Å². The fraction of sp³-hybridized carbons (Fsp3) is 0.278. The summed E-state index contributed by atoms with van der Waals surface area (Å²) in [5.74, 6) is -0.270. The number of amides is 2. The van der Waals surface area contributed by atoms with Crippen LogP contribution >= 0.6 is 11.6 Å². The van der Waals surface area contributed by atoms with Crippen LogP contribution in [0.1, 0.15) is 36.8 Å². The summed E-state index contributed by atoms with van der Waals surface area (Å²) < 4.78 is 34.6. The van der Waals surface area contributed by atoms with Gasteiger partial charge in [-0.15, -0.1) is 0 Å². The number of hydrogen-bond acceptors (Lipinski definition) is 5. The SMILES string of the molecule is COc1ccc(S(=O)(=O)N(CC(=O)N(Cc2ccccc2)[C@H](Cc2ccccc2)C(=O)NC2CCCC2)c2ccc(Cl)cc2)cc1. The minimum Gasteiger partial charge on any atom is -0.497 e. The number of rotatable bonds is 13. The zero-order valence-corrected chi connectivity index (χ0v) is 27.3. The standard InChI is InChI=1S/C36H38ClN3O5S/c1-45-32-20-22-33(23-21-32)46(43,44)40(31-18-16-29(37)17-19-31)26-35(41)39(25-28-12-6-3-7-13-28)34(24-27-10-4-2-5-11-27)36(42)38-30-14-8-9-15-30/h2-7,10-13,16-23,30,34H,8-9,14-15,24-26H2,1H3,(H,38,42)/t34-/m1/s1. The molecule has 0 radical (unpaired) electrons. The number of methoxy groups -OCH3 is 1. The summed E-state index contributed by atoms with van der Waals surface area (Å²) in [6.45, 7) is -0.420. The Hall–Kier alpha value is -4.34. The predicted octanol–water partition coefficient (Wildman–Crippen LogP) is 6.24. The van der Waals surface area contributed by atoms with Gasteiger partial charge < -0.3 is 15.0 Å². The molecule has 1 N–H and O–H groups in total. The number of halogens is 1. The number of carbonyl (C=O) groups excluding carboxylic acids is 2. The van der Waals surface area contributed by atoms with Gasteiger partial charge in [0.05, 0.1) is 17.7 Å². The maximum Gasteiger partial charge on any atom is 0.264 e. The molecule has 5 rings (SSSR count). The van der Waals surface area contributed by atoms with Crippen molar-refractivity contribution < 1.29 is 22.7 Å². The van der Waals surface area contributed by atoms with Crippen molar-refractivity contribution >= 4 is 39.1 Å². The van der Waals surface area contributed by atoms with Crippen LogP contribution in [0.15, 0.2) is 114 Å². The van der Waals surface area contributed by atoms with Crippen molar-refractivity contribution in [1.29, 1.82) is 0 Å². The van der Waals surface area contributed by atoms with Gasteiger partial charge in [-0.25, -0.2) is 8.42 Å². The van der Waals surface area contributed by atoms with Gasteiger partial charge in [0.25, 0.3) is 10.0 Å². The van der Waals surface area contributed by atoms with Crippen molar-refractivity contribution in [3.63, 3.8) is 0 Å². The summed E-state index contributed by atoms with van der Waals surface area (Å²) in [6, 6.07) is 30.4. The molecule has 0 unspecified atom stereocenters. The third kappa shape index (κ3) is 8.27. The third-order valence-electron chi connectivity index (χ3n) is 8.21. The Morgan fingerprint density at radius 1 is 0.848 bits per heavy atom. The van der Waals surface area contributed by atoms with Crippen molar-refractivity contribution in [1.82, 2.24) is 10.2 Å². The number of sulfonamides is 1. The molecule has 4 aromatic carbocycles. The van der Waals surface area contributed by atoms with Crippen LogP contribution in [-0.4, -0.2) is 50.9 Å². The van der Waals surface area contributed by atoms with Gasteiger partial charge in [0.2, 0.25) is 11.8 Å². The van der Waals surface area contributed by atoms with Gasteiger partial charge >= 0.3 is 0 Å². The van der Waals surface area contributed by atoms with E-state index in [1.54, 1.807) is 36.4 Å². The Morgan fingerprint density at radius 3 is 2.02 bits per heavy atom. The lowest BCUT2D eigenvalue weighted by Gasteiger charge is -2.34. The number of anilines is 1. The molecule has 0 saturated heterocycles. The number of ether oxygens (including phenoxy) is 1. The molecule has 240 valence electrons. The molecule has 0 bridgehead atoms. The summed E-state index contributed by atoms with van der Waals surface area (Å²) >= 11 is 6.15. The lowest BCUT2D eigenvalue weighted by Crippen LogP contribution is -2.54. The van der Waals surface area contributed by atoms with Crippen LogP contribution in [0.3, 0.4) is 0 Å². The van der Waals surface area contributed by atoms with Crippen molar-refractivity contribution in [3.05, 3.63) is 125 Å². The number of hydrogen-bond donors (Lipinski definition) is 1. The second-order valence-electron chi connectivity index (χ2n) is 11.4. The van der Waals surface area contributed by atoms with Crippen molar-refractivity contribution in [3.8, 4) is 5.75 Å². The molecule has 2 amide bonds. The Kier molecular flexibility index (Phi) is 11.0. The van der Waals surface area contributed by atoms with Gasteiger partial charge in [-0.2, -0.15) is 0 Å². The topological polar surface area (TPSA) is 96.0 Å². The van der Waals surface area contributed by atoms with Crippen LogP contribution in [-0.2, 0) is 32.6 Å². The summed E-state index contributed by atoms with van der Waals surface area (Å²) in [4.78, 5) is 30.1. The van der Waals surface area contributed by atoms with Crippen LogP contribution in [0.4, 0.5) is 5.69 Å². The summed E-state index contributed by atoms with van der Waals surface area (Å²) in [5.41, 5.74) is 1.97. The normalized spacial score (nSPS) is 14.0. The Labute approximate surface area is 276 Å². The Morgan fingerprint density at radius 2 is 1.43 bits per heavy atom. The van der Waals surface area contributed by atoms with E-state index in [2.05, 4.69) is 5.32 Å². The molecule has 1 saturated carbocycles. The highest BCUT2D eigenvalue weighted by Gasteiger charge is 2.35. The zero-order valence-electron chi connectivity index (χ0n) is 25.7. The van der Waals surface area contributed by atoms with Crippen molar-refractivity contribution in [2.24, 2.45) is 0 Å². The predicted molar refractivity (Wildman–Crippen MR) is 180 cm³/mol. The smallest absolute Gasteiger partial charge is 0.264 e. The fourth-order valence-electron chi connectivity index (χ4n) is 5.71. The first-order valence-electron chi connectivity index (χ1n) is 15.3. The van der Waals surface area contributed by atoms with Crippen LogP contribution in [0, 0.1) is 0 Å². The fourth-order valence-corrected chi connectivity index (χ4v) is 7.25. The van der Waals surface area contributed by atoms with E-state index < -0.39 is 28.5 Å². The molecule has 0 aromatic heterocycles. The average molecular weight is 660 g/mol. The van der Waals surface area contributed by atoms with E-state index in [1.165, 1.54) is 24.1 Å². The van der Waals surface area contributed by atoms with Crippen LogP contribution in [0.2, 0.25) is 5.02 Å². The van der Waals surface area contributed by atoms with Crippen LogP contribution < -0.4 is 14.4 Å². The lowest BCUT2D eigenvalue weighted by atomic mass is 10.0.